The minimum atomic E-state index is -1.10. The molecule has 0 aliphatic carbocycles. The fourth-order valence-electron chi connectivity index (χ4n) is 1.02. The lowest BCUT2D eigenvalue weighted by molar-refractivity contribution is 0.0696. The summed E-state index contributed by atoms with van der Waals surface area (Å²) in [6, 6.07) is 4.73. The summed E-state index contributed by atoms with van der Waals surface area (Å²) in [5, 5.41) is 8.82. The van der Waals surface area contributed by atoms with Crippen molar-refractivity contribution in [3.63, 3.8) is 0 Å². The van der Waals surface area contributed by atoms with E-state index in [0.717, 1.165) is 0 Å². The van der Waals surface area contributed by atoms with Crippen LogP contribution in [0.1, 0.15) is 21.5 Å². The van der Waals surface area contributed by atoms with E-state index in [-0.39, 0.29) is 5.56 Å². The highest BCUT2D eigenvalue weighted by atomic mass is 16.4. The third-order valence-corrected chi connectivity index (χ3v) is 1.59. The molecular formula is C11H6O2. The predicted molar refractivity (Wildman–Crippen MR) is 49.3 cm³/mol. The van der Waals surface area contributed by atoms with E-state index in [9.17, 15) is 4.79 Å². The van der Waals surface area contributed by atoms with E-state index in [0.29, 0.717) is 11.1 Å². The van der Waals surface area contributed by atoms with Crippen LogP contribution in [0, 0.1) is 24.7 Å². The maximum Gasteiger partial charge on any atom is 0.338 e. The highest BCUT2D eigenvalue weighted by Crippen LogP contribution is 2.12. The van der Waals surface area contributed by atoms with E-state index in [1.54, 1.807) is 18.2 Å². The van der Waals surface area contributed by atoms with Crippen molar-refractivity contribution in [1.82, 2.24) is 0 Å². The summed E-state index contributed by atoms with van der Waals surface area (Å²) in [5.74, 6) is 3.45. The third kappa shape index (κ3) is 1.52. The Labute approximate surface area is 76.2 Å². The lowest BCUT2D eigenvalue weighted by Crippen LogP contribution is -2.03. The van der Waals surface area contributed by atoms with Gasteiger partial charge in [-0.3, -0.25) is 0 Å². The Kier molecular flexibility index (Phi) is 2.38. The highest BCUT2D eigenvalue weighted by Gasteiger charge is 2.12. The van der Waals surface area contributed by atoms with Gasteiger partial charge < -0.3 is 5.11 Å². The molecule has 0 amide bonds. The van der Waals surface area contributed by atoms with Crippen LogP contribution in [0.25, 0.3) is 0 Å². The molecular weight excluding hydrogens is 164 g/mol. The topological polar surface area (TPSA) is 37.3 Å². The van der Waals surface area contributed by atoms with Gasteiger partial charge in [-0.2, -0.15) is 0 Å². The van der Waals surface area contributed by atoms with Gasteiger partial charge in [0.05, 0.1) is 5.56 Å². The van der Waals surface area contributed by atoms with Crippen LogP contribution in [0.2, 0.25) is 0 Å². The highest BCUT2D eigenvalue weighted by molar-refractivity contribution is 5.93. The van der Waals surface area contributed by atoms with Crippen molar-refractivity contribution in [3.05, 3.63) is 34.9 Å². The molecule has 0 saturated carbocycles. The van der Waals surface area contributed by atoms with Crippen molar-refractivity contribution in [2.24, 2.45) is 0 Å². The van der Waals surface area contributed by atoms with Gasteiger partial charge in [0.15, 0.2) is 0 Å². The van der Waals surface area contributed by atoms with Crippen LogP contribution < -0.4 is 0 Å². The summed E-state index contributed by atoms with van der Waals surface area (Å²) in [4.78, 5) is 10.8. The first-order valence-corrected chi connectivity index (χ1v) is 3.50. The van der Waals surface area contributed by atoms with Crippen LogP contribution >= 0.6 is 0 Å². The Hall–Kier alpha value is -2.19. The van der Waals surface area contributed by atoms with Crippen molar-refractivity contribution in [2.45, 2.75) is 0 Å². The second kappa shape index (κ2) is 3.47. The molecule has 0 saturated heterocycles. The molecule has 62 valence electrons. The molecule has 0 heterocycles. The summed E-state index contributed by atoms with van der Waals surface area (Å²) in [6.07, 6.45) is 10.3. The first-order chi connectivity index (χ1) is 6.20. The summed E-state index contributed by atoms with van der Waals surface area (Å²) >= 11 is 0. The van der Waals surface area contributed by atoms with Gasteiger partial charge in [0.1, 0.15) is 0 Å². The number of aromatic carboxylic acids is 1. The maximum atomic E-state index is 10.8. The summed E-state index contributed by atoms with van der Waals surface area (Å²) < 4.78 is 0. The third-order valence-electron chi connectivity index (χ3n) is 1.59. The standard InChI is InChI=1S/C11H6O2/c1-3-8-6-5-7-9(4-2)10(8)11(12)13/h1-2,5-7H,(H,12,13). The van der Waals surface area contributed by atoms with Gasteiger partial charge in [-0.25, -0.2) is 4.79 Å². The molecule has 1 N–H and O–H groups in total. The molecule has 0 radical (unpaired) electrons. The summed E-state index contributed by atoms with van der Waals surface area (Å²) in [7, 11) is 0. The molecule has 0 aliphatic rings. The Morgan fingerprint density at radius 2 is 1.69 bits per heavy atom. The van der Waals surface area contributed by atoms with Gasteiger partial charge in [0.25, 0.3) is 0 Å². The fraction of sp³-hybridized carbons (Fsp3) is 0. The van der Waals surface area contributed by atoms with E-state index in [4.69, 9.17) is 18.0 Å². The number of carboxylic acid groups (broad SMARTS) is 1. The Morgan fingerprint density at radius 1 is 1.23 bits per heavy atom. The first kappa shape index (κ1) is 8.90. The monoisotopic (exact) mass is 170 g/mol. The van der Waals surface area contributed by atoms with E-state index < -0.39 is 5.97 Å². The van der Waals surface area contributed by atoms with Crippen LogP contribution in [0.3, 0.4) is 0 Å². The molecule has 0 bridgehead atoms. The van der Waals surface area contributed by atoms with Gasteiger partial charge in [-0.15, -0.1) is 12.8 Å². The van der Waals surface area contributed by atoms with Crippen molar-refractivity contribution < 1.29 is 9.90 Å². The molecule has 0 atom stereocenters. The Balaban J connectivity index is 3.52. The molecule has 0 unspecified atom stereocenters. The van der Waals surface area contributed by atoms with Gasteiger partial charge in [0, 0.05) is 11.1 Å². The second-order valence-corrected chi connectivity index (χ2v) is 2.32. The molecule has 13 heavy (non-hydrogen) atoms. The Bertz CT molecular complexity index is 398. The Morgan fingerprint density at radius 3 is 2.00 bits per heavy atom. The van der Waals surface area contributed by atoms with Crippen molar-refractivity contribution in [3.8, 4) is 24.7 Å². The zero-order valence-corrected chi connectivity index (χ0v) is 6.74. The van der Waals surface area contributed by atoms with E-state index >= 15 is 0 Å². The van der Waals surface area contributed by atoms with E-state index in [1.807, 2.05) is 0 Å². The molecule has 1 aromatic rings. The van der Waals surface area contributed by atoms with Crippen molar-refractivity contribution in [2.75, 3.05) is 0 Å². The van der Waals surface area contributed by atoms with Crippen molar-refractivity contribution in [1.29, 1.82) is 0 Å². The minimum Gasteiger partial charge on any atom is -0.478 e. The summed E-state index contributed by atoms with van der Waals surface area (Å²) in [5.41, 5.74) is 0.637. The predicted octanol–water partition coefficient (Wildman–Crippen LogP) is 1.35. The van der Waals surface area contributed by atoms with Gasteiger partial charge in [-0.05, 0) is 12.1 Å². The first-order valence-electron chi connectivity index (χ1n) is 3.50. The van der Waals surface area contributed by atoms with Gasteiger partial charge in [-0.1, -0.05) is 17.9 Å². The zero-order valence-electron chi connectivity index (χ0n) is 6.74. The lowest BCUT2D eigenvalue weighted by atomic mass is 10.0. The normalized spacial score (nSPS) is 8.46. The van der Waals surface area contributed by atoms with Crippen LogP contribution in [0.5, 0.6) is 0 Å². The number of carbonyl (C=O) groups is 1. The second-order valence-electron chi connectivity index (χ2n) is 2.32. The van der Waals surface area contributed by atoms with Crippen LogP contribution in [0.15, 0.2) is 18.2 Å². The fourth-order valence-corrected chi connectivity index (χ4v) is 1.02. The van der Waals surface area contributed by atoms with Crippen LogP contribution in [-0.4, -0.2) is 11.1 Å². The molecule has 1 rings (SSSR count). The SMILES string of the molecule is C#Cc1cccc(C#C)c1C(=O)O. The quantitative estimate of drug-likeness (QED) is 0.646. The average Bonchev–Trinajstić information content (AvgIpc) is 2.16. The molecule has 2 nitrogen and oxygen atoms in total. The lowest BCUT2D eigenvalue weighted by Gasteiger charge is -2.01. The van der Waals surface area contributed by atoms with E-state index in [2.05, 4.69) is 11.8 Å². The average molecular weight is 170 g/mol. The number of hydrogen-bond donors (Lipinski definition) is 1. The summed E-state index contributed by atoms with van der Waals surface area (Å²) in [6.45, 7) is 0. The minimum absolute atomic E-state index is 0.0208. The van der Waals surface area contributed by atoms with Gasteiger partial charge >= 0.3 is 5.97 Å². The molecule has 0 fully saturated rings. The number of benzene rings is 1. The molecule has 0 aliphatic heterocycles. The smallest absolute Gasteiger partial charge is 0.338 e. The number of hydrogen-bond acceptors (Lipinski definition) is 1. The molecule has 0 aromatic heterocycles. The van der Waals surface area contributed by atoms with E-state index in [1.165, 1.54) is 0 Å². The molecule has 0 spiro atoms. The number of carboxylic acids is 1. The van der Waals surface area contributed by atoms with Crippen LogP contribution in [-0.2, 0) is 0 Å². The molecule has 1 aromatic carbocycles. The molecule has 2 heteroatoms. The largest absolute Gasteiger partial charge is 0.478 e. The maximum absolute atomic E-state index is 10.8. The van der Waals surface area contributed by atoms with Crippen molar-refractivity contribution >= 4 is 5.97 Å². The van der Waals surface area contributed by atoms with Gasteiger partial charge in [0.2, 0.25) is 0 Å². The van der Waals surface area contributed by atoms with Crippen LogP contribution in [0.4, 0.5) is 0 Å². The number of rotatable bonds is 1. The number of terminal acetylenes is 2. The zero-order chi connectivity index (χ0) is 9.84.